The Bertz CT molecular complexity index is 681. The van der Waals surface area contributed by atoms with E-state index in [0.29, 0.717) is 32.7 Å². The fourth-order valence-corrected chi connectivity index (χ4v) is 1.96. The van der Waals surface area contributed by atoms with E-state index in [0.717, 1.165) is 5.56 Å². The first-order chi connectivity index (χ1) is 8.63. The van der Waals surface area contributed by atoms with Crippen LogP contribution < -0.4 is 5.73 Å². The summed E-state index contributed by atoms with van der Waals surface area (Å²) >= 11 is 11.8. The Balaban J connectivity index is 2.16. The highest BCUT2D eigenvalue weighted by atomic mass is 35.5. The van der Waals surface area contributed by atoms with E-state index < -0.39 is 0 Å². The maximum Gasteiger partial charge on any atom is 0.227 e. The number of oxazole rings is 1. The van der Waals surface area contributed by atoms with E-state index in [1.807, 2.05) is 12.1 Å². The molecule has 0 aliphatic rings. The first-order valence-corrected chi connectivity index (χ1v) is 6.00. The van der Waals surface area contributed by atoms with Crippen LogP contribution in [0.2, 0.25) is 10.0 Å². The molecule has 0 aliphatic carbocycles. The minimum absolute atomic E-state index is 0.471. The summed E-state index contributed by atoms with van der Waals surface area (Å²) in [5, 5.41) is 1.14. The average molecular weight is 279 g/mol. The Kier molecular flexibility index (Phi) is 2.65. The van der Waals surface area contributed by atoms with Crippen LogP contribution in [0.1, 0.15) is 0 Å². The molecule has 0 amide bonds. The largest absolute Gasteiger partial charge is 0.436 e. The molecule has 3 rings (SSSR count). The van der Waals surface area contributed by atoms with Gasteiger partial charge in [-0.1, -0.05) is 23.2 Å². The van der Waals surface area contributed by atoms with Crippen molar-refractivity contribution in [2.75, 3.05) is 5.73 Å². The molecule has 0 fully saturated rings. The molecule has 1 heterocycles. The Morgan fingerprint density at radius 2 is 1.78 bits per heavy atom. The number of hydrogen-bond donors (Lipinski definition) is 1. The van der Waals surface area contributed by atoms with Gasteiger partial charge in [0.15, 0.2) is 5.58 Å². The highest BCUT2D eigenvalue weighted by Crippen LogP contribution is 2.30. The third kappa shape index (κ3) is 1.92. The molecule has 0 aliphatic heterocycles. The Labute approximate surface area is 113 Å². The Morgan fingerprint density at radius 1 is 1.06 bits per heavy atom. The SMILES string of the molecule is Nc1cc2oc(-c3ccc(Cl)cc3)nc2cc1Cl. The first-order valence-electron chi connectivity index (χ1n) is 5.25. The molecule has 18 heavy (non-hydrogen) atoms. The maximum absolute atomic E-state index is 5.94. The molecule has 2 N–H and O–H groups in total. The summed E-state index contributed by atoms with van der Waals surface area (Å²) in [5.41, 5.74) is 8.34. The smallest absolute Gasteiger partial charge is 0.227 e. The van der Waals surface area contributed by atoms with Crippen molar-refractivity contribution in [1.29, 1.82) is 0 Å². The maximum atomic E-state index is 5.94. The van der Waals surface area contributed by atoms with Crippen molar-refractivity contribution in [2.45, 2.75) is 0 Å². The molecule has 90 valence electrons. The van der Waals surface area contributed by atoms with Gasteiger partial charge in [0.2, 0.25) is 5.89 Å². The number of anilines is 1. The molecule has 1 aromatic heterocycles. The van der Waals surface area contributed by atoms with Gasteiger partial charge in [0, 0.05) is 16.7 Å². The third-order valence-corrected chi connectivity index (χ3v) is 3.18. The van der Waals surface area contributed by atoms with Crippen LogP contribution in [-0.2, 0) is 0 Å². The number of halogens is 2. The number of hydrogen-bond acceptors (Lipinski definition) is 3. The molecule has 0 bridgehead atoms. The lowest BCUT2D eigenvalue weighted by Gasteiger charge is -1.94. The van der Waals surface area contributed by atoms with E-state index >= 15 is 0 Å². The average Bonchev–Trinajstić information content (AvgIpc) is 2.73. The molecular formula is C13H8Cl2N2O. The lowest BCUT2D eigenvalue weighted by Crippen LogP contribution is -1.84. The van der Waals surface area contributed by atoms with Gasteiger partial charge in [0.1, 0.15) is 5.52 Å². The summed E-state index contributed by atoms with van der Waals surface area (Å²) in [5.74, 6) is 0.517. The molecule has 3 nitrogen and oxygen atoms in total. The van der Waals surface area contributed by atoms with Crippen molar-refractivity contribution in [3.63, 3.8) is 0 Å². The minimum atomic E-state index is 0.471. The molecule has 2 aromatic carbocycles. The zero-order valence-electron chi connectivity index (χ0n) is 9.15. The summed E-state index contributed by atoms with van der Waals surface area (Å²) in [7, 11) is 0. The molecule has 0 spiro atoms. The number of aromatic nitrogens is 1. The number of benzene rings is 2. The topological polar surface area (TPSA) is 52.0 Å². The number of nitrogen functional groups attached to an aromatic ring is 1. The Hall–Kier alpha value is -1.71. The predicted molar refractivity (Wildman–Crippen MR) is 73.9 cm³/mol. The lowest BCUT2D eigenvalue weighted by molar-refractivity contribution is 0.620. The number of fused-ring (bicyclic) bond motifs is 1. The van der Waals surface area contributed by atoms with E-state index in [2.05, 4.69) is 4.98 Å². The van der Waals surface area contributed by atoms with Crippen LogP contribution in [0, 0.1) is 0 Å². The zero-order chi connectivity index (χ0) is 12.7. The van der Waals surface area contributed by atoms with Crippen molar-refractivity contribution in [3.8, 4) is 11.5 Å². The summed E-state index contributed by atoms with van der Waals surface area (Å²) in [6, 6.07) is 10.6. The zero-order valence-corrected chi connectivity index (χ0v) is 10.7. The van der Waals surface area contributed by atoms with E-state index in [1.54, 1.807) is 24.3 Å². The molecule has 0 saturated carbocycles. The fourth-order valence-electron chi connectivity index (χ4n) is 1.68. The van der Waals surface area contributed by atoms with Gasteiger partial charge in [0.05, 0.1) is 10.7 Å². The van der Waals surface area contributed by atoms with Crippen molar-refractivity contribution in [3.05, 3.63) is 46.4 Å². The van der Waals surface area contributed by atoms with Crippen LogP contribution >= 0.6 is 23.2 Å². The summed E-state index contributed by atoms with van der Waals surface area (Å²) in [6.45, 7) is 0. The van der Waals surface area contributed by atoms with Crippen molar-refractivity contribution < 1.29 is 4.42 Å². The van der Waals surface area contributed by atoms with E-state index in [9.17, 15) is 0 Å². The molecule has 0 radical (unpaired) electrons. The fraction of sp³-hybridized carbons (Fsp3) is 0. The number of nitrogens with two attached hydrogens (primary N) is 1. The second-order valence-electron chi connectivity index (χ2n) is 3.87. The van der Waals surface area contributed by atoms with Crippen molar-refractivity contribution in [1.82, 2.24) is 4.98 Å². The molecule has 5 heteroatoms. The van der Waals surface area contributed by atoms with E-state index in [1.165, 1.54) is 0 Å². The summed E-state index contributed by atoms with van der Waals surface area (Å²) in [4.78, 5) is 4.36. The van der Waals surface area contributed by atoms with Crippen LogP contribution in [0.3, 0.4) is 0 Å². The van der Waals surface area contributed by atoms with Crippen molar-refractivity contribution >= 4 is 40.0 Å². The Morgan fingerprint density at radius 3 is 2.50 bits per heavy atom. The van der Waals surface area contributed by atoms with Gasteiger partial charge in [-0.25, -0.2) is 4.98 Å². The van der Waals surface area contributed by atoms with Crippen LogP contribution in [0.25, 0.3) is 22.6 Å². The van der Waals surface area contributed by atoms with Gasteiger partial charge < -0.3 is 10.2 Å². The summed E-state index contributed by atoms with van der Waals surface area (Å²) in [6.07, 6.45) is 0. The monoisotopic (exact) mass is 278 g/mol. The highest BCUT2D eigenvalue weighted by Gasteiger charge is 2.10. The molecular weight excluding hydrogens is 271 g/mol. The normalized spacial score (nSPS) is 11.0. The third-order valence-electron chi connectivity index (χ3n) is 2.60. The van der Waals surface area contributed by atoms with Gasteiger partial charge in [-0.3, -0.25) is 0 Å². The van der Waals surface area contributed by atoms with Gasteiger partial charge in [-0.2, -0.15) is 0 Å². The van der Waals surface area contributed by atoms with Crippen LogP contribution in [-0.4, -0.2) is 4.98 Å². The second kappa shape index (κ2) is 4.19. The predicted octanol–water partition coefficient (Wildman–Crippen LogP) is 4.38. The van der Waals surface area contributed by atoms with Crippen LogP contribution in [0.5, 0.6) is 0 Å². The summed E-state index contributed by atoms with van der Waals surface area (Å²) < 4.78 is 5.64. The van der Waals surface area contributed by atoms with Gasteiger partial charge in [-0.15, -0.1) is 0 Å². The first kappa shape index (κ1) is 11.4. The molecule has 0 atom stereocenters. The lowest BCUT2D eigenvalue weighted by atomic mass is 10.2. The number of nitrogens with zero attached hydrogens (tertiary/aromatic N) is 1. The molecule has 0 saturated heterocycles. The van der Waals surface area contributed by atoms with Crippen molar-refractivity contribution in [2.24, 2.45) is 0 Å². The van der Waals surface area contributed by atoms with Gasteiger partial charge in [0.25, 0.3) is 0 Å². The van der Waals surface area contributed by atoms with Crippen LogP contribution in [0.4, 0.5) is 5.69 Å². The van der Waals surface area contributed by atoms with Gasteiger partial charge >= 0.3 is 0 Å². The highest BCUT2D eigenvalue weighted by molar-refractivity contribution is 6.33. The standard InChI is InChI=1S/C13H8Cl2N2O/c14-8-3-1-7(2-4-8)13-17-11-5-9(15)10(16)6-12(11)18-13/h1-6H,16H2. The molecule has 3 aromatic rings. The quantitative estimate of drug-likeness (QED) is 0.672. The minimum Gasteiger partial charge on any atom is -0.436 e. The molecule has 0 unspecified atom stereocenters. The van der Waals surface area contributed by atoms with Crippen LogP contribution in [0.15, 0.2) is 40.8 Å². The van der Waals surface area contributed by atoms with Gasteiger partial charge in [-0.05, 0) is 30.3 Å². The van der Waals surface area contributed by atoms with E-state index in [-0.39, 0.29) is 0 Å². The number of rotatable bonds is 1. The second-order valence-corrected chi connectivity index (χ2v) is 4.71. The van der Waals surface area contributed by atoms with E-state index in [4.69, 9.17) is 33.4 Å².